The molecule has 0 radical (unpaired) electrons. The van der Waals surface area contributed by atoms with Gasteiger partial charge in [0.1, 0.15) is 11.6 Å². The van der Waals surface area contributed by atoms with Crippen LogP contribution in [-0.2, 0) is 0 Å². The van der Waals surface area contributed by atoms with Gasteiger partial charge in [0.05, 0.1) is 5.56 Å². The zero-order valence-electron chi connectivity index (χ0n) is 8.27. The maximum atomic E-state index is 13.2. The van der Waals surface area contributed by atoms with Crippen LogP contribution in [0.1, 0.15) is 24.2 Å². The molecule has 0 heterocycles. The topological polar surface area (TPSA) is 29.1 Å². The number of halogens is 3. The van der Waals surface area contributed by atoms with Crippen molar-refractivity contribution in [3.8, 4) is 0 Å². The van der Waals surface area contributed by atoms with Gasteiger partial charge in [0.2, 0.25) is 0 Å². The molecule has 0 aliphatic rings. The molecule has 5 heteroatoms. The first-order chi connectivity index (χ1) is 6.91. The third kappa shape index (κ3) is 3.12. The molecule has 1 aromatic carbocycles. The monoisotopic (exact) mass is 325 g/mol. The smallest absolute Gasteiger partial charge is 0.254 e. The first kappa shape index (κ1) is 12.4. The highest BCUT2D eigenvalue weighted by atomic mass is 127. The molecule has 1 aromatic rings. The highest BCUT2D eigenvalue weighted by Crippen LogP contribution is 2.16. The Balaban J connectivity index is 3.04. The van der Waals surface area contributed by atoms with E-state index < -0.39 is 17.5 Å². The molecule has 0 aromatic heterocycles. The summed E-state index contributed by atoms with van der Waals surface area (Å²) >= 11 is 1.71. The Morgan fingerprint density at radius 2 is 1.93 bits per heavy atom. The van der Waals surface area contributed by atoms with Crippen molar-refractivity contribution in [1.82, 2.24) is 5.32 Å². The van der Waals surface area contributed by atoms with Crippen LogP contribution >= 0.6 is 22.6 Å². The first-order valence-corrected chi connectivity index (χ1v) is 5.45. The van der Waals surface area contributed by atoms with Crippen LogP contribution in [-0.4, -0.2) is 11.9 Å². The number of carbonyl (C=O) groups excluding carboxylic acids is 1. The lowest BCUT2D eigenvalue weighted by Crippen LogP contribution is -2.30. The Hall–Kier alpha value is -0.720. The molecular weight excluding hydrogens is 315 g/mol. The average Bonchev–Trinajstić information content (AvgIpc) is 2.09. The van der Waals surface area contributed by atoms with Crippen molar-refractivity contribution < 1.29 is 13.6 Å². The van der Waals surface area contributed by atoms with Crippen molar-refractivity contribution in [1.29, 1.82) is 0 Å². The molecule has 0 spiro atoms. The molecule has 15 heavy (non-hydrogen) atoms. The molecule has 0 aliphatic carbocycles. The van der Waals surface area contributed by atoms with Gasteiger partial charge in [-0.2, -0.15) is 0 Å². The third-order valence-electron chi connectivity index (χ3n) is 1.67. The average molecular weight is 325 g/mol. The maximum absolute atomic E-state index is 13.2. The maximum Gasteiger partial charge on any atom is 0.254 e. The van der Waals surface area contributed by atoms with E-state index in [4.69, 9.17) is 0 Å². The fourth-order valence-electron chi connectivity index (χ4n) is 1.04. The lowest BCUT2D eigenvalue weighted by molar-refractivity contribution is 0.0939. The van der Waals surface area contributed by atoms with E-state index >= 15 is 0 Å². The molecule has 1 N–H and O–H groups in total. The van der Waals surface area contributed by atoms with Crippen LogP contribution in [0.5, 0.6) is 0 Å². The molecule has 0 bridgehead atoms. The molecule has 1 amide bonds. The summed E-state index contributed by atoms with van der Waals surface area (Å²) < 4.78 is 26.4. The lowest BCUT2D eigenvalue weighted by atomic mass is 10.2. The predicted octanol–water partition coefficient (Wildman–Crippen LogP) is 2.71. The largest absolute Gasteiger partial charge is 0.350 e. The Morgan fingerprint density at radius 3 is 2.47 bits per heavy atom. The zero-order valence-corrected chi connectivity index (χ0v) is 10.4. The molecule has 0 fully saturated rings. The van der Waals surface area contributed by atoms with Gasteiger partial charge in [-0.1, -0.05) is 0 Å². The molecule has 1 rings (SSSR count). The van der Waals surface area contributed by atoms with Crippen LogP contribution in [0.4, 0.5) is 8.78 Å². The summed E-state index contributed by atoms with van der Waals surface area (Å²) in [4.78, 5) is 11.5. The zero-order chi connectivity index (χ0) is 11.6. The Labute approximate surface area is 100 Å². The first-order valence-electron chi connectivity index (χ1n) is 4.37. The second-order valence-electron chi connectivity index (χ2n) is 3.37. The van der Waals surface area contributed by atoms with E-state index in [0.29, 0.717) is 0 Å². The highest BCUT2D eigenvalue weighted by molar-refractivity contribution is 14.1. The normalized spacial score (nSPS) is 10.5. The number of benzene rings is 1. The van der Waals surface area contributed by atoms with Gasteiger partial charge < -0.3 is 5.32 Å². The summed E-state index contributed by atoms with van der Waals surface area (Å²) in [5.74, 6) is -2.03. The minimum Gasteiger partial charge on any atom is -0.350 e. The van der Waals surface area contributed by atoms with Gasteiger partial charge in [-0.3, -0.25) is 4.79 Å². The van der Waals surface area contributed by atoms with Gasteiger partial charge in [-0.25, -0.2) is 8.78 Å². The molecule has 82 valence electrons. The number of rotatable bonds is 2. The molecule has 0 saturated heterocycles. The van der Waals surface area contributed by atoms with E-state index in [1.807, 2.05) is 0 Å². The van der Waals surface area contributed by atoms with E-state index in [1.54, 1.807) is 36.4 Å². The second kappa shape index (κ2) is 4.87. The van der Waals surface area contributed by atoms with Crippen molar-refractivity contribution >= 4 is 28.5 Å². The molecule has 2 nitrogen and oxygen atoms in total. The van der Waals surface area contributed by atoms with Crippen LogP contribution in [0, 0.1) is 15.2 Å². The number of carbonyl (C=O) groups is 1. The number of amides is 1. The number of nitrogens with one attached hydrogen (secondary N) is 1. The number of hydrogen-bond donors (Lipinski definition) is 1. The third-order valence-corrected chi connectivity index (χ3v) is 2.50. The van der Waals surface area contributed by atoms with Gasteiger partial charge in [0.25, 0.3) is 5.91 Å². The van der Waals surface area contributed by atoms with Crippen LogP contribution < -0.4 is 5.32 Å². The van der Waals surface area contributed by atoms with E-state index in [2.05, 4.69) is 5.32 Å². The van der Waals surface area contributed by atoms with Crippen molar-refractivity contribution in [2.75, 3.05) is 0 Å². The van der Waals surface area contributed by atoms with Crippen molar-refractivity contribution in [2.24, 2.45) is 0 Å². The lowest BCUT2D eigenvalue weighted by Gasteiger charge is -2.09. The summed E-state index contributed by atoms with van der Waals surface area (Å²) in [5, 5.41) is 2.54. The van der Waals surface area contributed by atoms with Gasteiger partial charge in [0.15, 0.2) is 0 Å². The SMILES string of the molecule is CC(C)NC(=O)c1cc(I)c(F)cc1F. The fourth-order valence-corrected chi connectivity index (χ4v) is 1.50. The minimum atomic E-state index is -0.842. The minimum absolute atomic E-state index is 0.0837. The Kier molecular flexibility index (Phi) is 4.01. The second-order valence-corrected chi connectivity index (χ2v) is 4.54. The van der Waals surface area contributed by atoms with Gasteiger partial charge in [0, 0.05) is 15.7 Å². The summed E-state index contributed by atoms with van der Waals surface area (Å²) in [5.41, 5.74) is -0.130. The van der Waals surface area contributed by atoms with E-state index in [0.717, 1.165) is 6.07 Å². The van der Waals surface area contributed by atoms with Gasteiger partial charge >= 0.3 is 0 Å². The van der Waals surface area contributed by atoms with Gasteiger partial charge in [-0.05, 0) is 42.5 Å². The van der Waals surface area contributed by atoms with Crippen LogP contribution in [0.2, 0.25) is 0 Å². The molecule has 0 atom stereocenters. The highest BCUT2D eigenvalue weighted by Gasteiger charge is 2.15. The standard InChI is InChI=1S/C10H10F2INO/c1-5(2)14-10(15)6-3-9(13)8(12)4-7(6)11/h3-5H,1-2H3,(H,14,15). The number of hydrogen-bond acceptors (Lipinski definition) is 1. The van der Waals surface area contributed by atoms with E-state index in [1.165, 1.54) is 6.07 Å². The quantitative estimate of drug-likeness (QED) is 0.657. The Bertz CT molecular complexity index is 393. The van der Waals surface area contributed by atoms with Crippen molar-refractivity contribution in [2.45, 2.75) is 19.9 Å². The van der Waals surface area contributed by atoms with Crippen molar-refractivity contribution in [3.63, 3.8) is 0 Å². The van der Waals surface area contributed by atoms with E-state index in [-0.39, 0.29) is 15.2 Å². The molecule has 0 unspecified atom stereocenters. The van der Waals surface area contributed by atoms with Crippen LogP contribution in [0.25, 0.3) is 0 Å². The van der Waals surface area contributed by atoms with Crippen LogP contribution in [0.3, 0.4) is 0 Å². The van der Waals surface area contributed by atoms with E-state index in [9.17, 15) is 13.6 Å². The van der Waals surface area contributed by atoms with Crippen LogP contribution in [0.15, 0.2) is 12.1 Å². The summed E-state index contributed by atoms with van der Waals surface area (Å²) in [6, 6.07) is 1.83. The molecular formula is C10H10F2INO. The fraction of sp³-hybridized carbons (Fsp3) is 0.300. The van der Waals surface area contributed by atoms with Gasteiger partial charge in [-0.15, -0.1) is 0 Å². The summed E-state index contributed by atoms with van der Waals surface area (Å²) in [6.07, 6.45) is 0. The Morgan fingerprint density at radius 1 is 1.33 bits per heavy atom. The molecule has 0 saturated carbocycles. The predicted molar refractivity (Wildman–Crippen MR) is 61.7 cm³/mol. The van der Waals surface area contributed by atoms with Crippen molar-refractivity contribution in [3.05, 3.63) is 32.9 Å². The summed E-state index contributed by atoms with van der Waals surface area (Å²) in [6.45, 7) is 3.54. The summed E-state index contributed by atoms with van der Waals surface area (Å²) in [7, 11) is 0. The molecule has 0 aliphatic heterocycles.